The molecule has 2 N–H and O–H groups in total. The first-order chi connectivity index (χ1) is 6.99. The van der Waals surface area contributed by atoms with E-state index in [0.29, 0.717) is 6.42 Å². The standard InChI is InChI=1S/C7H10N4O3S/c8-6(12)7-10-9-4-11(7)5-1-2-15(13,14)3-5/h4-5H,1-3H2,(H2,8,12). The number of nitrogens with zero attached hydrogens (tertiary/aromatic N) is 3. The maximum Gasteiger partial charge on any atom is 0.286 e. The molecule has 82 valence electrons. The number of sulfone groups is 1. The number of amides is 1. The van der Waals surface area contributed by atoms with E-state index in [-0.39, 0.29) is 23.4 Å². The SMILES string of the molecule is NC(=O)c1nncn1C1CCS(=O)(=O)C1. The quantitative estimate of drug-likeness (QED) is 0.682. The maximum absolute atomic E-state index is 11.2. The van der Waals surface area contributed by atoms with Crippen LogP contribution in [0.5, 0.6) is 0 Å². The number of rotatable bonds is 2. The number of aromatic nitrogens is 3. The molecule has 0 spiro atoms. The Bertz CT molecular complexity index is 492. The van der Waals surface area contributed by atoms with E-state index in [9.17, 15) is 13.2 Å². The van der Waals surface area contributed by atoms with E-state index in [2.05, 4.69) is 10.2 Å². The third-order valence-electron chi connectivity index (χ3n) is 2.40. The summed E-state index contributed by atoms with van der Waals surface area (Å²) in [6.45, 7) is 0. The van der Waals surface area contributed by atoms with Gasteiger partial charge in [-0.1, -0.05) is 0 Å². The van der Waals surface area contributed by atoms with Crippen LogP contribution in [0.3, 0.4) is 0 Å². The molecule has 2 heterocycles. The van der Waals surface area contributed by atoms with Gasteiger partial charge in [0.25, 0.3) is 5.91 Å². The Morgan fingerprint density at radius 3 is 2.87 bits per heavy atom. The van der Waals surface area contributed by atoms with Crippen molar-refractivity contribution >= 4 is 15.7 Å². The number of carbonyl (C=O) groups excluding carboxylic acids is 1. The normalized spacial score (nSPS) is 24.1. The minimum Gasteiger partial charge on any atom is -0.363 e. The van der Waals surface area contributed by atoms with Crippen molar-refractivity contribution in [3.63, 3.8) is 0 Å². The van der Waals surface area contributed by atoms with Crippen molar-refractivity contribution in [2.24, 2.45) is 5.73 Å². The molecule has 1 amide bonds. The van der Waals surface area contributed by atoms with Gasteiger partial charge in [-0.2, -0.15) is 0 Å². The molecule has 1 aromatic rings. The highest BCUT2D eigenvalue weighted by atomic mass is 32.2. The van der Waals surface area contributed by atoms with E-state index in [1.54, 1.807) is 0 Å². The molecule has 7 nitrogen and oxygen atoms in total. The molecule has 1 atom stereocenters. The van der Waals surface area contributed by atoms with Crippen molar-refractivity contribution in [3.05, 3.63) is 12.2 Å². The molecule has 1 saturated heterocycles. The summed E-state index contributed by atoms with van der Waals surface area (Å²) in [6, 6.07) is -0.271. The van der Waals surface area contributed by atoms with Crippen molar-refractivity contribution in [2.45, 2.75) is 12.5 Å². The van der Waals surface area contributed by atoms with Crippen LogP contribution in [0.1, 0.15) is 23.1 Å². The average Bonchev–Trinajstić information content (AvgIpc) is 2.69. The summed E-state index contributed by atoms with van der Waals surface area (Å²) in [5.74, 6) is -0.534. The zero-order valence-corrected chi connectivity index (χ0v) is 8.64. The van der Waals surface area contributed by atoms with E-state index in [4.69, 9.17) is 5.73 Å². The topological polar surface area (TPSA) is 108 Å². The first kappa shape index (κ1) is 10.1. The van der Waals surface area contributed by atoms with Gasteiger partial charge < -0.3 is 10.3 Å². The lowest BCUT2D eigenvalue weighted by molar-refractivity contribution is 0.0984. The monoisotopic (exact) mass is 230 g/mol. The molecule has 0 aliphatic carbocycles. The molecule has 1 aliphatic heterocycles. The van der Waals surface area contributed by atoms with Gasteiger partial charge in [-0.3, -0.25) is 4.79 Å². The van der Waals surface area contributed by atoms with E-state index >= 15 is 0 Å². The molecule has 15 heavy (non-hydrogen) atoms. The molecular formula is C7H10N4O3S. The predicted octanol–water partition coefficient (Wildman–Crippen LogP) is -1.26. The van der Waals surface area contributed by atoms with Gasteiger partial charge in [0, 0.05) is 0 Å². The number of hydrogen-bond donors (Lipinski definition) is 1. The minimum atomic E-state index is -2.99. The van der Waals surface area contributed by atoms with Crippen molar-refractivity contribution < 1.29 is 13.2 Å². The van der Waals surface area contributed by atoms with E-state index < -0.39 is 15.7 Å². The summed E-state index contributed by atoms with van der Waals surface area (Å²) in [4.78, 5) is 11.0. The Balaban J connectivity index is 2.32. The zero-order valence-electron chi connectivity index (χ0n) is 7.83. The second kappa shape index (κ2) is 3.30. The van der Waals surface area contributed by atoms with Gasteiger partial charge in [0.2, 0.25) is 5.82 Å². The average molecular weight is 230 g/mol. The molecule has 2 rings (SSSR count). The van der Waals surface area contributed by atoms with Crippen molar-refractivity contribution in [3.8, 4) is 0 Å². The highest BCUT2D eigenvalue weighted by molar-refractivity contribution is 7.91. The van der Waals surface area contributed by atoms with Crippen LogP contribution in [0.15, 0.2) is 6.33 Å². The van der Waals surface area contributed by atoms with Crippen molar-refractivity contribution in [1.29, 1.82) is 0 Å². The summed E-state index contributed by atoms with van der Waals surface area (Å²) in [6.07, 6.45) is 1.81. The molecule has 0 aromatic carbocycles. The fourth-order valence-electron chi connectivity index (χ4n) is 1.68. The molecule has 0 bridgehead atoms. The molecule has 0 saturated carbocycles. The molecule has 1 fully saturated rings. The molecule has 1 aromatic heterocycles. The van der Waals surface area contributed by atoms with Crippen LogP contribution in [-0.2, 0) is 9.84 Å². The lowest BCUT2D eigenvalue weighted by Gasteiger charge is -2.09. The summed E-state index contributed by atoms with van der Waals surface area (Å²) < 4.78 is 23.9. The lowest BCUT2D eigenvalue weighted by atomic mass is 10.2. The van der Waals surface area contributed by atoms with Crippen LogP contribution in [0.4, 0.5) is 0 Å². The predicted molar refractivity (Wildman–Crippen MR) is 50.8 cm³/mol. The van der Waals surface area contributed by atoms with Crippen molar-refractivity contribution in [1.82, 2.24) is 14.8 Å². The number of hydrogen-bond acceptors (Lipinski definition) is 5. The molecule has 1 unspecified atom stereocenters. The van der Waals surface area contributed by atoms with Crippen molar-refractivity contribution in [2.75, 3.05) is 11.5 Å². The summed E-state index contributed by atoms with van der Waals surface area (Å²) in [5, 5.41) is 7.10. The second-order valence-corrected chi connectivity index (χ2v) is 5.71. The largest absolute Gasteiger partial charge is 0.363 e. The lowest BCUT2D eigenvalue weighted by Crippen LogP contribution is -2.21. The second-order valence-electron chi connectivity index (χ2n) is 3.48. The maximum atomic E-state index is 11.2. The Morgan fingerprint density at radius 1 is 1.60 bits per heavy atom. The Morgan fingerprint density at radius 2 is 2.33 bits per heavy atom. The summed E-state index contributed by atoms with van der Waals surface area (Å²) in [7, 11) is -2.99. The fourth-order valence-corrected chi connectivity index (χ4v) is 3.39. The third kappa shape index (κ3) is 1.84. The van der Waals surface area contributed by atoms with E-state index in [1.165, 1.54) is 10.9 Å². The van der Waals surface area contributed by atoms with Gasteiger partial charge in [0.1, 0.15) is 6.33 Å². The highest BCUT2D eigenvalue weighted by Crippen LogP contribution is 2.23. The molecule has 8 heteroatoms. The van der Waals surface area contributed by atoms with Crippen LogP contribution < -0.4 is 5.73 Å². The van der Waals surface area contributed by atoms with Crippen LogP contribution in [0.2, 0.25) is 0 Å². The van der Waals surface area contributed by atoms with Crippen LogP contribution in [0.25, 0.3) is 0 Å². The van der Waals surface area contributed by atoms with Gasteiger partial charge in [-0.15, -0.1) is 10.2 Å². The van der Waals surface area contributed by atoms with E-state index in [1.807, 2.05) is 0 Å². The number of primary amides is 1. The number of nitrogens with two attached hydrogens (primary N) is 1. The van der Waals surface area contributed by atoms with Crippen LogP contribution in [0, 0.1) is 0 Å². The fraction of sp³-hybridized carbons (Fsp3) is 0.571. The Kier molecular flexibility index (Phi) is 2.22. The van der Waals surface area contributed by atoms with Crippen LogP contribution >= 0.6 is 0 Å². The van der Waals surface area contributed by atoms with Gasteiger partial charge in [-0.25, -0.2) is 8.42 Å². The Labute approximate surface area is 86.2 Å². The summed E-state index contributed by atoms with van der Waals surface area (Å²) in [5.41, 5.74) is 5.08. The molecule has 0 radical (unpaired) electrons. The first-order valence-electron chi connectivity index (χ1n) is 4.39. The van der Waals surface area contributed by atoms with Gasteiger partial charge in [-0.05, 0) is 6.42 Å². The number of carbonyl (C=O) groups is 1. The Hall–Kier alpha value is -1.44. The van der Waals surface area contributed by atoms with Gasteiger partial charge >= 0.3 is 0 Å². The third-order valence-corrected chi connectivity index (χ3v) is 4.15. The molecular weight excluding hydrogens is 220 g/mol. The summed E-state index contributed by atoms with van der Waals surface area (Å²) >= 11 is 0. The van der Waals surface area contributed by atoms with E-state index in [0.717, 1.165) is 0 Å². The highest BCUT2D eigenvalue weighted by Gasteiger charge is 2.31. The first-order valence-corrected chi connectivity index (χ1v) is 6.21. The van der Waals surface area contributed by atoms with Crippen LogP contribution in [-0.4, -0.2) is 40.6 Å². The zero-order chi connectivity index (χ0) is 11.1. The molecule has 1 aliphatic rings. The van der Waals surface area contributed by atoms with Gasteiger partial charge in [0.05, 0.1) is 17.5 Å². The smallest absolute Gasteiger partial charge is 0.286 e. The van der Waals surface area contributed by atoms with Gasteiger partial charge in [0.15, 0.2) is 9.84 Å². The minimum absolute atomic E-state index is 0.0112.